The standard InChI is InChI=1S/C18H22B2P2/c1-11(2)22(12(3)4)16-10-8-14-6-5-13-7-9-15(21(19)20-22)18(16)17(13)14/h7-12H,5-6H2,1-4H3/q-1. The van der Waals surface area contributed by atoms with E-state index >= 15 is 0 Å². The molecular formula is C18H22B2P2-. The van der Waals surface area contributed by atoms with Gasteiger partial charge in [-0.25, -0.2) is 0 Å². The lowest BCUT2D eigenvalue weighted by molar-refractivity contribution is 1.01. The highest BCUT2D eigenvalue weighted by atomic mass is 31.2. The van der Waals surface area contributed by atoms with Crippen LogP contribution in [0.1, 0.15) is 38.8 Å². The third-order valence-corrected chi connectivity index (χ3v) is 13.8. The lowest BCUT2D eigenvalue weighted by Gasteiger charge is -2.58. The van der Waals surface area contributed by atoms with Gasteiger partial charge in [-0.3, -0.25) is 0 Å². The molecule has 1 heterocycles. The number of benzene rings is 2. The summed E-state index contributed by atoms with van der Waals surface area (Å²) in [7, 11) is 4.76. The molecule has 4 rings (SSSR count). The Balaban J connectivity index is 2.15. The summed E-state index contributed by atoms with van der Waals surface area (Å²) in [5.74, 6) is 0. The van der Waals surface area contributed by atoms with Crippen LogP contribution in [0.5, 0.6) is 0 Å². The van der Waals surface area contributed by atoms with Gasteiger partial charge in [-0.2, -0.15) is 7.14 Å². The van der Waals surface area contributed by atoms with E-state index in [1.54, 1.807) is 27.2 Å². The van der Waals surface area contributed by atoms with Gasteiger partial charge in [0.05, 0.1) is 5.30 Å². The number of aryl methyl sites for hydroxylation is 2. The first-order valence-corrected chi connectivity index (χ1v) is 11.8. The minimum atomic E-state index is -1.33. The molecule has 1 aliphatic heterocycles. The first kappa shape index (κ1) is 15.2. The summed E-state index contributed by atoms with van der Waals surface area (Å²) in [6, 6.07) is 9.54. The van der Waals surface area contributed by atoms with Crippen molar-refractivity contribution in [3.05, 3.63) is 35.4 Å². The predicted molar refractivity (Wildman–Crippen MR) is 106 cm³/mol. The first-order valence-electron chi connectivity index (χ1n) is 8.33. The molecule has 0 saturated heterocycles. The fourth-order valence-corrected chi connectivity index (χ4v) is 13.4. The summed E-state index contributed by atoms with van der Waals surface area (Å²) in [5, 5.41) is 6.18. The smallest absolute Gasteiger partial charge is 0.0537 e. The van der Waals surface area contributed by atoms with E-state index in [9.17, 15) is 0 Å². The van der Waals surface area contributed by atoms with E-state index in [1.807, 2.05) is 0 Å². The molecule has 1 aliphatic carbocycles. The average molecular weight is 322 g/mol. The van der Waals surface area contributed by atoms with E-state index in [-0.39, 0.29) is 0 Å². The van der Waals surface area contributed by atoms with Gasteiger partial charge in [0.25, 0.3) is 0 Å². The molecule has 0 spiro atoms. The highest BCUT2D eigenvalue weighted by molar-refractivity contribution is 8.34. The molecule has 2 aromatic rings. The van der Waals surface area contributed by atoms with Crippen molar-refractivity contribution in [1.82, 2.24) is 0 Å². The van der Waals surface area contributed by atoms with Gasteiger partial charge in [0.2, 0.25) is 0 Å². The summed E-state index contributed by atoms with van der Waals surface area (Å²) < 4.78 is 0. The van der Waals surface area contributed by atoms with Crippen molar-refractivity contribution >= 4 is 50.5 Å². The van der Waals surface area contributed by atoms with Gasteiger partial charge in [0.1, 0.15) is 0 Å². The van der Waals surface area contributed by atoms with Crippen molar-refractivity contribution in [1.29, 1.82) is 0 Å². The van der Waals surface area contributed by atoms with Gasteiger partial charge in [-0.1, -0.05) is 30.2 Å². The van der Waals surface area contributed by atoms with Crippen molar-refractivity contribution < 1.29 is 0 Å². The van der Waals surface area contributed by atoms with Gasteiger partial charge in [0.15, 0.2) is 0 Å². The third-order valence-electron chi connectivity index (χ3n) is 5.67. The molecule has 4 heteroatoms. The van der Waals surface area contributed by atoms with E-state index < -0.39 is 14.8 Å². The summed E-state index contributed by atoms with van der Waals surface area (Å²) in [6.07, 6.45) is 2.41. The molecule has 1 atom stereocenters. The summed E-state index contributed by atoms with van der Waals surface area (Å²) >= 11 is 0. The van der Waals surface area contributed by atoms with E-state index in [4.69, 9.17) is 7.57 Å². The van der Waals surface area contributed by atoms with Crippen LogP contribution >= 0.6 is 14.8 Å². The molecule has 22 heavy (non-hydrogen) atoms. The van der Waals surface area contributed by atoms with Crippen LogP contribution in [0.15, 0.2) is 24.3 Å². The highest BCUT2D eigenvalue weighted by Gasteiger charge is 2.39. The number of rotatable bonds is 2. The Hall–Kier alpha value is -0.310. The van der Waals surface area contributed by atoms with Crippen molar-refractivity contribution in [3.8, 4) is 0 Å². The second-order valence-electron chi connectivity index (χ2n) is 7.28. The van der Waals surface area contributed by atoms with Gasteiger partial charge in [0, 0.05) is 16.7 Å². The summed E-state index contributed by atoms with van der Waals surface area (Å²) in [4.78, 5) is 0. The fraction of sp³-hybridized carbons (Fsp3) is 0.444. The maximum Gasteiger partial charge on any atom is 0.0537 e. The molecule has 0 nitrogen and oxygen atoms in total. The lowest BCUT2D eigenvalue weighted by Crippen LogP contribution is -2.36. The molecule has 0 N–H and O–H groups in total. The second kappa shape index (κ2) is 5.09. The molecule has 0 aromatic heterocycles. The van der Waals surface area contributed by atoms with Crippen LogP contribution in [-0.4, -0.2) is 25.6 Å². The van der Waals surface area contributed by atoms with Crippen LogP contribution in [0.4, 0.5) is 0 Å². The van der Waals surface area contributed by atoms with Crippen LogP contribution in [0, 0.1) is 0 Å². The van der Waals surface area contributed by atoms with Gasteiger partial charge in [-0.15, -0.1) is 0 Å². The molecule has 0 fully saturated rings. The Morgan fingerprint density at radius 3 is 2.14 bits per heavy atom. The summed E-state index contributed by atoms with van der Waals surface area (Å²) in [5.41, 5.74) is 4.44. The average Bonchev–Trinajstić information content (AvgIpc) is 2.90. The van der Waals surface area contributed by atoms with E-state index in [0.29, 0.717) is 11.3 Å². The number of hydrogen-bond donors (Lipinski definition) is 0. The van der Waals surface area contributed by atoms with Gasteiger partial charge in [-0.05, 0) is 63.1 Å². The van der Waals surface area contributed by atoms with Crippen molar-refractivity contribution in [2.24, 2.45) is 0 Å². The van der Waals surface area contributed by atoms with E-state index in [1.165, 1.54) is 18.1 Å². The van der Waals surface area contributed by atoms with E-state index in [2.05, 4.69) is 58.7 Å². The highest BCUT2D eigenvalue weighted by Crippen LogP contribution is 2.71. The molecule has 2 aliphatic rings. The monoisotopic (exact) mass is 322 g/mol. The fourth-order valence-electron chi connectivity index (χ4n) is 4.58. The Kier molecular flexibility index (Phi) is 3.53. The molecule has 2 aromatic carbocycles. The largest absolute Gasteiger partial charge is 0.628 e. The Morgan fingerprint density at radius 1 is 0.955 bits per heavy atom. The Bertz CT molecular complexity index is 749. The maximum atomic E-state index is 6.71. The van der Waals surface area contributed by atoms with Crippen LogP contribution in [0.3, 0.4) is 0 Å². The quantitative estimate of drug-likeness (QED) is 0.576. The van der Waals surface area contributed by atoms with Crippen LogP contribution < -0.4 is 10.6 Å². The summed E-state index contributed by atoms with van der Waals surface area (Å²) in [6.45, 7) is 12.2. The Morgan fingerprint density at radius 2 is 1.55 bits per heavy atom. The van der Waals surface area contributed by atoms with E-state index in [0.717, 1.165) is 0 Å². The van der Waals surface area contributed by atoms with Crippen LogP contribution in [-0.2, 0) is 12.8 Å². The first-order chi connectivity index (χ1) is 10.5. The number of hydrogen-bond acceptors (Lipinski definition) is 0. The molecule has 0 bridgehead atoms. The van der Waals surface area contributed by atoms with Crippen molar-refractivity contribution in [3.63, 3.8) is 0 Å². The third kappa shape index (κ3) is 1.81. The van der Waals surface area contributed by atoms with Crippen molar-refractivity contribution in [2.45, 2.75) is 51.9 Å². The van der Waals surface area contributed by atoms with Gasteiger partial charge < -0.3 is 15.2 Å². The zero-order valence-corrected chi connectivity index (χ0v) is 15.7. The molecule has 5 radical (unpaired) electrons. The molecule has 0 amide bonds. The minimum Gasteiger partial charge on any atom is -0.628 e. The second-order valence-corrected chi connectivity index (χ2v) is 13.7. The Labute approximate surface area is 138 Å². The van der Waals surface area contributed by atoms with Crippen LogP contribution in [0.25, 0.3) is 10.8 Å². The molecule has 111 valence electrons. The minimum absolute atomic E-state index is 0.622. The normalized spacial score (nSPS) is 22.0. The molecule has 1 unspecified atom stereocenters. The van der Waals surface area contributed by atoms with Crippen LogP contribution in [0.2, 0.25) is 0 Å². The molecular weight excluding hydrogens is 300 g/mol. The predicted octanol–water partition coefficient (Wildman–Crippen LogP) is 4.14. The molecule has 0 saturated carbocycles. The maximum absolute atomic E-state index is 6.71. The SMILES string of the molecule is [B-]P1[B-][P+](C(C)C)(C(C)C)c2ccc3c4c(ccc1c24)CC3. The zero-order valence-electron chi connectivity index (χ0n) is 13.9. The van der Waals surface area contributed by atoms with Gasteiger partial charge >= 0.3 is 0 Å². The lowest BCUT2D eigenvalue weighted by atomic mass is 10.0. The topological polar surface area (TPSA) is 0 Å². The van der Waals surface area contributed by atoms with Crippen molar-refractivity contribution in [2.75, 3.05) is 0 Å². The zero-order chi connectivity index (χ0) is 15.6.